The van der Waals surface area contributed by atoms with Crippen LogP contribution in [-0.2, 0) is 4.87 Å². The molecule has 2 atom stereocenters. The van der Waals surface area contributed by atoms with Gasteiger partial charge in [-0.2, -0.15) is 0 Å². The SMILES string of the molecule is Cl/C(=C1/C(c2ccccc2)=C2C=CC=CC2C(Cl)(c2ccccc2)C1=C(c1ccccc1)c1ccccc1)c1ccccc1. The molecule has 0 amide bonds. The minimum Gasteiger partial charge on any atom is -0.108 e. The van der Waals surface area contributed by atoms with Crippen molar-refractivity contribution in [2.24, 2.45) is 5.92 Å². The lowest BCUT2D eigenvalue weighted by atomic mass is 9.62. The minimum atomic E-state index is -0.985. The van der Waals surface area contributed by atoms with E-state index in [0.29, 0.717) is 5.03 Å². The van der Waals surface area contributed by atoms with Gasteiger partial charge in [-0.3, -0.25) is 0 Å². The van der Waals surface area contributed by atoms with Crippen LogP contribution >= 0.6 is 23.2 Å². The summed E-state index contributed by atoms with van der Waals surface area (Å²) >= 11 is 16.0. The van der Waals surface area contributed by atoms with Crippen LogP contribution in [0.15, 0.2) is 193 Å². The highest BCUT2D eigenvalue weighted by atomic mass is 35.5. The van der Waals surface area contributed by atoms with E-state index in [1.807, 2.05) is 24.3 Å². The zero-order valence-electron chi connectivity index (χ0n) is 24.1. The summed E-state index contributed by atoms with van der Waals surface area (Å²) < 4.78 is 0. The fourth-order valence-electron chi connectivity index (χ4n) is 6.57. The molecule has 0 N–H and O–H groups in total. The van der Waals surface area contributed by atoms with Gasteiger partial charge in [0.25, 0.3) is 0 Å². The van der Waals surface area contributed by atoms with Crippen LogP contribution in [-0.4, -0.2) is 0 Å². The van der Waals surface area contributed by atoms with Gasteiger partial charge in [-0.15, -0.1) is 11.6 Å². The Hall–Kier alpha value is -4.62. The lowest BCUT2D eigenvalue weighted by molar-refractivity contribution is 0.579. The Bertz CT molecular complexity index is 1890. The van der Waals surface area contributed by atoms with E-state index < -0.39 is 4.87 Å². The van der Waals surface area contributed by atoms with Crippen LogP contribution in [0.25, 0.3) is 16.2 Å². The number of rotatable bonds is 5. The summed E-state index contributed by atoms with van der Waals surface area (Å²) in [7, 11) is 0. The van der Waals surface area contributed by atoms with Crippen LogP contribution in [0.3, 0.4) is 0 Å². The predicted octanol–water partition coefficient (Wildman–Crippen LogP) is 11.5. The molecule has 0 spiro atoms. The first-order valence-electron chi connectivity index (χ1n) is 14.9. The first kappa shape index (κ1) is 28.2. The highest BCUT2D eigenvalue weighted by molar-refractivity contribution is 6.51. The molecule has 0 radical (unpaired) electrons. The third-order valence-corrected chi connectivity index (χ3v) is 9.53. The molecule has 0 nitrogen and oxygen atoms in total. The van der Waals surface area contributed by atoms with E-state index in [0.717, 1.165) is 55.7 Å². The number of allylic oxidation sites excluding steroid dienone is 8. The molecule has 2 unspecified atom stereocenters. The van der Waals surface area contributed by atoms with E-state index >= 15 is 0 Å². The molecular formula is C42H30Cl2. The normalized spacial score (nSPS) is 20.3. The number of benzene rings is 5. The smallest absolute Gasteiger partial charge is 0.106 e. The molecule has 0 saturated carbocycles. The second-order valence-electron chi connectivity index (χ2n) is 11.0. The van der Waals surface area contributed by atoms with E-state index in [4.69, 9.17) is 23.2 Å². The van der Waals surface area contributed by atoms with Crippen molar-refractivity contribution >= 4 is 39.4 Å². The van der Waals surface area contributed by atoms with Gasteiger partial charge in [-0.1, -0.05) is 188 Å². The first-order chi connectivity index (χ1) is 21.7. The lowest BCUT2D eigenvalue weighted by Crippen LogP contribution is -2.38. The Morgan fingerprint density at radius 3 is 1.57 bits per heavy atom. The van der Waals surface area contributed by atoms with E-state index in [1.54, 1.807) is 0 Å². The zero-order chi connectivity index (χ0) is 29.9. The van der Waals surface area contributed by atoms with Gasteiger partial charge in [0, 0.05) is 11.5 Å². The van der Waals surface area contributed by atoms with Crippen molar-refractivity contribution in [1.29, 1.82) is 0 Å². The van der Waals surface area contributed by atoms with Crippen molar-refractivity contribution in [2.75, 3.05) is 0 Å². The van der Waals surface area contributed by atoms with Crippen LogP contribution in [0.1, 0.15) is 27.8 Å². The Kier molecular flexibility index (Phi) is 7.79. The third-order valence-electron chi connectivity index (χ3n) is 8.48. The van der Waals surface area contributed by atoms with Gasteiger partial charge >= 0.3 is 0 Å². The summed E-state index contributed by atoms with van der Waals surface area (Å²) in [5.74, 6) is -0.159. The van der Waals surface area contributed by atoms with Crippen LogP contribution in [0.2, 0.25) is 0 Å². The molecule has 2 aliphatic rings. The van der Waals surface area contributed by atoms with Crippen molar-refractivity contribution in [3.05, 3.63) is 220 Å². The Morgan fingerprint density at radius 2 is 1.02 bits per heavy atom. The van der Waals surface area contributed by atoms with E-state index in [2.05, 4.69) is 152 Å². The van der Waals surface area contributed by atoms with Crippen molar-refractivity contribution < 1.29 is 0 Å². The van der Waals surface area contributed by atoms with Crippen LogP contribution in [0.5, 0.6) is 0 Å². The van der Waals surface area contributed by atoms with E-state index in [9.17, 15) is 0 Å². The van der Waals surface area contributed by atoms with Crippen LogP contribution in [0.4, 0.5) is 0 Å². The molecule has 212 valence electrons. The topological polar surface area (TPSA) is 0 Å². The molecule has 0 heterocycles. The first-order valence-corrected chi connectivity index (χ1v) is 15.6. The van der Waals surface area contributed by atoms with Crippen LogP contribution < -0.4 is 0 Å². The molecule has 0 fully saturated rings. The second kappa shape index (κ2) is 12.2. The molecule has 2 heteroatoms. The van der Waals surface area contributed by atoms with Gasteiger partial charge in [-0.25, -0.2) is 0 Å². The molecule has 5 aromatic carbocycles. The average Bonchev–Trinajstić information content (AvgIpc) is 3.11. The van der Waals surface area contributed by atoms with E-state index in [1.165, 1.54) is 0 Å². The van der Waals surface area contributed by atoms with Gasteiger partial charge in [0.1, 0.15) is 4.87 Å². The summed E-state index contributed by atoms with van der Waals surface area (Å²) in [6.45, 7) is 0. The molecule has 5 aromatic rings. The zero-order valence-corrected chi connectivity index (χ0v) is 25.6. The maximum absolute atomic E-state index is 8.34. The summed E-state index contributed by atoms with van der Waals surface area (Å²) in [5.41, 5.74) is 10.4. The van der Waals surface area contributed by atoms with Crippen molar-refractivity contribution in [3.63, 3.8) is 0 Å². The predicted molar refractivity (Wildman–Crippen MR) is 187 cm³/mol. The van der Waals surface area contributed by atoms with Gasteiger partial charge in [0.15, 0.2) is 0 Å². The van der Waals surface area contributed by atoms with E-state index in [-0.39, 0.29) is 5.92 Å². The number of fused-ring (bicyclic) bond motifs is 1. The largest absolute Gasteiger partial charge is 0.108 e. The molecule has 7 rings (SSSR count). The van der Waals surface area contributed by atoms with Crippen molar-refractivity contribution in [1.82, 2.24) is 0 Å². The quantitative estimate of drug-likeness (QED) is 0.175. The summed E-state index contributed by atoms with van der Waals surface area (Å²) in [4.78, 5) is -0.985. The van der Waals surface area contributed by atoms with Crippen molar-refractivity contribution in [2.45, 2.75) is 4.87 Å². The van der Waals surface area contributed by atoms with Gasteiger partial charge in [0.05, 0.1) is 5.03 Å². The molecule has 0 bridgehead atoms. The van der Waals surface area contributed by atoms with Gasteiger partial charge in [-0.05, 0) is 50.1 Å². The fraction of sp³-hybridized carbons (Fsp3) is 0.0476. The highest BCUT2D eigenvalue weighted by Gasteiger charge is 2.51. The van der Waals surface area contributed by atoms with Crippen LogP contribution in [0, 0.1) is 5.92 Å². The molecule has 0 aliphatic heterocycles. The summed E-state index contributed by atoms with van der Waals surface area (Å²) in [6.07, 6.45) is 8.69. The average molecular weight is 606 g/mol. The standard InChI is InChI=1S/C42H30Cl2/c43-41(33-24-12-4-13-25-33)39-38(32-22-10-3-11-23-32)35-28-16-17-29-36(35)42(44,34-26-14-5-15-27-34)40(39)37(30-18-6-1-7-19-30)31-20-8-2-9-21-31/h1-29,36H/b41-39-. The lowest BCUT2D eigenvalue weighted by Gasteiger charge is -2.46. The number of alkyl halides is 1. The Morgan fingerprint density at radius 1 is 0.545 bits per heavy atom. The van der Waals surface area contributed by atoms with Gasteiger partial charge < -0.3 is 0 Å². The Balaban J connectivity index is 1.75. The van der Waals surface area contributed by atoms with Crippen molar-refractivity contribution in [3.8, 4) is 0 Å². The number of hydrogen-bond acceptors (Lipinski definition) is 0. The van der Waals surface area contributed by atoms with Gasteiger partial charge in [0.2, 0.25) is 0 Å². The second-order valence-corrected chi connectivity index (χ2v) is 12.0. The minimum absolute atomic E-state index is 0.159. The molecule has 0 aromatic heterocycles. The Labute approximate surface area is 269 Å². The maximum Gasteiger partial charge on any atom is 0.106 e. The monoisotopic (exact) mass is 604 g/mol. The summed E-state index contributed by atoms with van der Waals surface area (Å²) in [5, 5.41) is 0.665. The number of hydrogen-bond donors (Lipinski definition) is 0. The molecule has 0 saturated heterocycles. The summed E-state index contributed by atoms with van der Waals surface area (Å²) in [6, 6.07) is 52.4. The number of halogens is 2. The molecule has 2 aliphatic carbocycles. The fourth-order valence-corrected chi connectivity index (χ4v) is 7.40. The highest BCUT2D eigenvalue weighted by Crippen LogP contribution is 2.62. The third kappa shape index (κ3) is 4.91. The maximum atomic E-state index is 8.34. The molecule has 44 heavy (non-hydrogen) atoms. The molecular weight excluding hydrogens is 575 g/mol.